The second-order valence-corrected chi connectivity index (χ2v) is 14.5. The van der Waals surface area contributed by atoms with Gasteiger partial charge in [0.1, 0.15) is 40.3 Å². The molecule has 0 radical (unpaired) electrons. The number of ether oxygens (including phenoxy) is 2. The predicted molar refractivity (Wildman–Crippen MR) is 173 cm³/mol. The predicted octanol–water partition coefficient (Wildman–Crippen LogP) is 4.24. The number of rotatable bonds is 13. The third kappa shape index (κ3) is 8.81. The van der Waals surface area contributed by atoms with Gasteiger partial charge in [0.25, 0.3) is 0 Å². The molecule has 0 amide bonds. The molecule has 1 aromatic heterocycles. The van der Waals surface area contributed by atoms with Crippen molar-refractivity contribution in [2.75, 3.05) is 47.5 Å². The zero-order valence-electron chi connectivity index (χ0n) is 26.0. The van der Waals surface area contributed by atoms with Crippen LogP contribution in [0.5, 0.6) is 5.75 Å². The minimum atomic E-state index is -1.73. The lowest BCUT2D eigenvalue weighted by Crippen LogP contribution is -2.41. The minimum Gasteiger partial charge on any atom is -0.459 e. The number of nitrogen functional groups attached to an aromatic ring is 1. The van der Waals surface area contributed by atoms with Gasteiger partial charge in [0.2, 0.25) is 5.95 Å². The molecule has 0 bridgehead atoms. The number of aromatic nitrogens is 2. The van der Waals surface area contributed by atoms with Crippen molar-refractivity contribution in [1.82, 2.24) is 19.5 Å². The van der Waals surface area contributed by atoms with E-state index in [1.54, 1.807) is 31.2 Å². The van der Waals surface area contributed by atoms with E-state index in [9.17, 15) is 9.00 Å². The third-order valence-electron chi connectivity index (χ3n) is 6.78. The number of benzene rings is 1. The molecule has 0 spiro atoms. The highest BCUT2D eigenvalue weighted by molar-refractivity contribution is 7.82. The standard InChI is InChI=1S/C27H42ClN8O6PS/c1-8-36(17(3)25(37)41-27(4,5)6)43(42-19-11-9-18(28)10-12-19)39-14-20-13-16(2)24(40-20)35-15-30-21-22(33-34-44(7)38)31-26(29)32-23(21)35/h9-12,16-17,20,24,30,34H,8,13-15H2,1-7H3,(H3,29,31,32,33). The molecule has 3 heterocycles. The first kappa shape index (κ1) is 34.4. The summed E-state index contributed by atoms with van der Waals surface area (Å²) in [4.78, 5) is 26.3. The summed E-state index contributed by atoms with van der Waals surface area (Å²) in [6.07, 6.45) is 1.64. The third-order valence-corrected chi connectivity index (χ3v) is 9.20. The summed E-state index contributed by atoms with van der Waals surface area (Å²) in [5, 5.41) is 3.87. The minimum absolute atomic E-state index is 0.0675. The van der Waals surface area contributed by atoms with E-state index in [2.05, 4.69) is 32.5 Å². The summed E-state index contributed by atoms with van der Waals surface area (Å²) in [5.74, 6) is 1.36. The van der Waals surface area contributed by atoms with Gasteiger partial charge in [-0.15, -0.1) is 0 Å². The topological polar surface area (TPSA) is 165 Å². The Kier molecular flexibility index (Phi) is 11.5. The van der Waals surface area contributed by atoms with Crippen LogP contribution in [0.4, 0.5) is 23.3 Å². The average molecular weight is 673 g/mol. The summed E-state index contributed by atoms with van der Waals surface area (Å²) in [6, 6.07) is 6.38. The molecule has 6 unspecified atom stereocenters. The van der Waals surface area contributed by atoms with Crippen LogP contribution in [0.25, 0.3) is 0 Å². The number of esters is 1. The number of halogens is 1. The number of hydrogen-bond donors (Lipinski definition) is 4. The van der Waals surface area contributed by atoms with Crippen LogP contribution in [0.15, 0.2) is 24.3 Å². The molecule has 1 saturated heterocycles. The number of carbonyl (C=O) groups is 1. The maximum atomic E-state index is 13.0. The van der Waals surface area contributed by atoms with E-state index in [4.69, 9.17) is 35.9 Å². The van der Waals surface area contributed by atoms with Crippen LogP contribution in [0.2, 0.25) is 5.02 Å². The summed E-state index contributed by atoms with van der Waals surface area (Å²) < 4.78 is 38.3. The van der Waals surface area contributed by atoms with E-state index in [0.29, 0.717) is 41.3 Å². The van der Waals surface area contributed by atoms with Crippen molar-refractivity contribution in [3.05, 3.63) is 29.3 Å². The Balaban J connectivity index is 1.47. The molecule has 5 N–H and O–H groups in total. The molecule has 2 aliphatic heterocycles. The lowest BCUT2D eigenvalue weighted by Gasteiger charge is -2.34. The lowest BCUT2D eigenvalue weighted by atomic mass is 10.1. The number of hydrogen-bond acceptors (Lipinski definition) is 13. The molecule has 17 heteroatoms. The van der Waals surface area contributed by atoms with Crippen LogP contribution in [-0.4, -0.2) is 74.9 Å². The van der Waals surface area contributed by atoms with Gasteiger partial charge in [0.05, 0.1) is 19.4 Å². The number of carbonyl (C=O) groups excluding carboxylic acids is 1. The second-order valence-electron chi connectivity index (χ2n) is 11.5. The highest BCUT2D eigenvalue weighted by atomic mass is 35.5. The smallest absolute Gasteiger partial charge is 0.324 e. The Morgan fingerprint density at radius 3 is 2.68 bits per heavy atom. The van der Waals surface area contributed by atoms with Crippen LogP contribution in [0.1, 0.15) is 48.0 Å². The summed E-state index contributed by atoms with van der Waals surface area (Å²) in [5.41, 5.74) is 8.82. The number of likely N-dealkylation sites (N-methyl/N-ethyl adjacent to an activating group) is 1. The SMILES string of the molecule is CCN(C(C)C(=O)OC(C)(C)C)P(OCC1CC(C)C(N2CNc3c(NNS(C)=O)nc(N)nc32)O1)Oc1ccc(Cl)cc1. The highest BCUT2D eigenvalue weighted by Crippen LogP contribution is 2.47. The van der Waals surface area contributed by atoms with Gasteiger partial charge in [-0.25, -0.2) is 8.88 Å². The van der Waals surface area contributed by atoms with E-state index in [-0.39, 0.29) is 36.8 Å². The second kappa shape index (κ2) is 14.7. The molecule has 4 rings (SSSR count). The van der Waals surface area contributed by atoms with Gasteiger partial charge in [-0.3, -0.25) is 10.2 Å². The Morgan fingerprint density at radius 1 is 1.34 bits per heavy atom. The molecule has 14 nitrogen and oxygen atoms in total. The molecule has 1 fully saturated rings. The van der Waals surface area contributed by atoms with Crippen molar-refractivity contribution < 1.29 is 27.5 Å². The van der Waals surface area contributed by atoms with E-state index in [1.165, 1.54) is 6.26 Å². The van der Waals surface area contributed by atoms with Crippen LogP contribution < -0.4 is 30.7 Å². The Hall–Kier alpha value is -2.52. The fourth-order valence-electron chi connectivity index (χ4n) is 4.83. The Bertz CT molecular complexity index is 1320. The molecule has 244 valence electrons. The molecule has 1 aromatic carbocycles. The lowest BCUT2D eigenvalue weighted by molar-refractivity contribution is -0.159. The van der Waals surface area contributed by atoms with Crippen molar-refractivity contribution >= 4 is 60.4 Å². The maximum Gasteiger partial charge on any atom is 0.324 e. The van der Waals surface area contributed by atoms with Crippen molar-refractivity contribution in [2.24, 2.45) is 5.92 Å². The molecule has 2 aliphatic rings. The number of nitrogens with zero attached hydrogens (tertiary/aromatic N) is 4. The Labute approximate surface area is 267 Å². The molecule has 44 heavy (non-hydrogen) atoms. The fraction of sp³-hybridized carbons (Fsp3) is 0.593. The van der Waals surface area contributed by atoms with Gasteiger partial charge in [-0.05, 0) is 58.4 Å². The summed E-state index contributed by atoms with van der Waals surface area (Å²) >= 11 is 6.09. The molecule has 0 saturated carbocycles. The number of fused-ring (bicyclic) bond motifs is 1. The molecule has 0 aliphatic carbocycles. The van der Waals surface area contributed by atoms with Gasteiger partial charge in [-0.1, -0.05) is 25.4 Å². The average Bonchev–Trinajstić information content (AvgIpc) is 3.53. The van der Waals surface area contributed by atoms with Crippen LogP contribution in [-0.2, 0) is 29.8 Å². The van der Waals surface area contributed by atoms with E-state index in [0.717, 1.165) is 6.42 Å². The zero-order valence-corrected chi connectivity index (χ0v) is 28.5. The first-order valence-corrected chi connectivity index (χ1v) is 17.4. The molecule has 2 aromatic rings. The summed E-state index contributed by atoms with van der Waals surface area (Å²) in [6.45, 7) is 12.5. The number of anilines is 4. The Morgan fingerprint density at radius 2 is 2.05 bits per heavy atom. The maximum absolute atomic E-state index is 13.0. The summed E-state index contributed by atoms with van der Waals surface area (Å²) in [7, 11) is -3.04. The van der Waals surface area contributed by atoms with Gasteiger partial charge in [-0.2, -0.15) is 14.8 Å². The van der Waals surface area contributed by atoms with Gasteiger partial charge >= 0.3 is 14.5 Å². The molecular formula is C27H42ClN8O6PS. The number of nitrogens with one attached hydrogen (secondary N) is 3. The zero-order chi connectivity index (χ0) is 32.2. The monoisotopic (exact) mass is 672 g/mol. The number of nitrogens with two attached hydrogens (primary N) is 1. The van der Waals surface area contributed by atoms with E-state index < -0.39 is 31.2 Å². The quantitative estimate of drug-likeness (QED) is 0.136. The van der Waals surface area contributed by atoms with Gasteiger partial charge in [0.15, 0.2) is 11.6 Å². The van der Waals surface area contributed by atoms with Crippen molar-refractivity contribution in [3.8, 4) is 5.75 Å². The van der Waals surface area contributed by atoms with Crippen LogP contribution in [0.3, 0.4) is 0 Å². The van der Waals surface area contributed by atoms with Crippen molar-refractivity contribution in [1.29, 1.82) is 0 Å². The van der Waals surface area contributed by atoms with E-state index in [1.807, 2.05) is 37.3 Å². The van der Waals surface area contributed by atoms with Gasteiger partial charge in [0, 0.05) is 23.7 Å². The van der Waals surface area contributed by atoms with Gasteiger partial charge < -0.3 is 34.5 Å². The first-order chi connectivity index (χ1) is 20.8. The largest absolute Gasteiger partial charge is 0.459 e. The van der Waals surface area contributed by atoms with Crippen molar-refractivity contribution in [3.63, 3.8) is 0 Å². The van der Waals surface area contributed by atoms with Crippen LogP contribution >= 0.6 is 20.1 Å². The highest BCUT2D eigenvalue weighted by Gasteiger charge is 2.42. The van der Waals surface area contributed by atoms with E-state index >= 15 is 0 Å². The number of hydrazine groups is 1. The molecule has 6 atom stereocenters. The molecular weight excluding hydrogens is 631 g/mol. The normalized spacial score (nSPS) is 21.8. The van der Waals surface area contributed by atoms with Crippen molar-refractivity contribution in [2.45, 2.75) is 71.9 Å². The fourth-order valence-corrected chi connectivity index (χ4v) is 6.70. The van der Waals surface area contributed by atoms with Crippen LogP contribution in [0, 0.1) is 5.92 Å². The first-order valence-electron chi connectivity index (χ1n) is 14.3.